The largest absolute Gasteiger partial charge is 0.497 e. The molecule has 3 aromatic carbocycles. The van der Waals surface area contributed by atoms with Crippen molar-refractivity contribution in [2.75, 3.05) is 13.7 Å². The molecule has 0 amide bonds. The highest BCUT2D eigenvalue weighted by Crippen LogP contribution is 2.34. The van der Waals surface area contributed by atoms with Crippen LogP contribution in [0.3, 0.4) is 0 Å². The van der Waals surface area contributed by atoms with Crippen LogP contribution in [0.1, 0.15) is 31.9 Å². The number of pyridine rings is 1. The topological polar surface area (TPSA) is 66.9 Å². The number of para-hydroxylation sites is 1. The summed E-state index contributed by atoms with van der Waals surface area (Å²) in [6, 6.07) is 23.0. The third kappa shape index (κ3) is 6.86. The maximum absolute atomic E-state index is 12.8. The minimum absolute atomic E-state index is 0.0390. The molecule has 0 radical (unpaired) electrons. The van der Waals surface area contributed by atoms with Crippen molar-refractivity contribution in [1.29, 1.82) is 0 Å². The molecule has 1 aromatic heterocycles. The fraction of sp³-hybridized carbons (Fsp3) is 0.226. The van der Waals surface area contributed by atoms with E-state index < -0.39 is 0 Å². The third-order valence-electron chi connectivity index (χ3n) is 5.49. The van der Waals surface area contributed by atoms with Gasteiger partial charge in [0.05, 0.1) is 35.8 Å². The highest BCUT2D eigenvalue weighted by molar-refractivity contribution is 8.04. The molecule has 7 heteroatoms. The molecule has 0 spiro atoms. The van der Waals surface area contributed by atoms with Gasteiger partial charge in [0.2, 0.25) is 0 Å². The molecule has 6 nitrogen and oxygen atoms in total. The number of esters is 1. The van der Waals surface area contributed by atoms with E-state index in [2.05, 4.69) is 4.98 Å². The van der Waals surface area contributed by atoms with Crippen LogP contribution in [0.4, 0.5) is 0 Å². The number of nitrogens with zero attached hydrogens (tertiary/aromatic N) is 1. The first-order valence-corrected chi connectivity index (χ1v) is 13.3. The lowest BCUT2D eigenvalue weighted by Gasteiger charge is -2.18. The summed E-state index contributed by atoms with van der Waals surface area (Å²) in [5.74, 6) is 1.69. The molecule has 0 aliphatic carbocycles. The van der Waals surface area contributed by atoms with Gasteiger partial charge in [-0.3, -0.25) is 4.98 Å². The van der Waals surface area contributed by atoms with Crippen LogP contribution in [-0.4, -0.2) is 30.8 Å². The molecule has 0 saturated heterocycles. The summed E-state index contributed by atoms with van der Waals surface area (Å²) in [6.45, 7) is 6.29. The number of hydrogen-bond acceptors (Lipinski definition) is 7. The van der Waals surface area contributed by atoms with Crippen molar-refractivity contribution in [3.63, 3.8) is 0 Å². The summed E-state index contributed by atoms with van der Waals surface area (Å²) in [5.41, 5.74) is 2.38. The number of aromatic nitrogens is 1. The number of carbonyl (C=O) groups excluding carboxylic acids is 1. The summed E-state index contributed by atoms with van der Waals surface area (Å²) in [6.07, 6.45) is 3.54. The average molecular weight is 530 g/mol. The second kappa shape index (κ2) is 13.0. The number of fused-ring (bicyclic) bond motifs is 1. The van der Waals surface area contributed by atoms with E-state index in [1.165, 1.54) is 11.8 Å². The van der Waals surface area contributed by atoms with E-state index in [-0.39, 0.29) is 18.7 Å². The lowest BCUT2D eigenvalue weighted by molar-refractivity contribution is -0.137. The molecule has 196 valence electrons. The smallest absolute Gasteiger partial charge is 0.344 e. The van der Waals surface area contributed by atoms with Crippen molar-refractivity contribution in [3.8, 4) is 17.2 Å². The predicted molar refractivity (Wildman–Crippen MR) is 152 cm³/mol. The Morgan fingerprint density at radius 2 is 1.79 bits per heavy atom. The molecule has 4 aromatic rings. The summed E-state index contributed by atoms with van der Waals surface area (Å²) in [5, 5.41) is 0.858. The molecule has 0 bridgehead atoms. The van der Waals surface area contributed by atoms with Gasteiger partial charge in [0, 0.05) is 22.0 Å². The highest BCUT2D eigenvalue weighted by atomic mass is 32.2. The van der Waals surface area contributed by atoms with Crippen LogP contribution in [0.25, 0.3) is 17.0 Å². The van der Waals surface area contributed by atoms with Gasteiger partial charge in [-0.1, -0.05) is 48.2 Å². The van der Waals surface area contributed by atoms with E-state index >= 15 is 0 Å². The molecule has 0 fully saturated rings. The van der Waals surface area contributed by atoms with E-state index in [0.717, 1.165) is 32.7 Å². The number of ether oxygens (including phenoxy) is 4. The molecule has 4 rings (SSSR count). The molecular weight excluding hydrogens is 498 g/mol. The fourth-order valence-electron chi connectivity index (χ4n) is 3.77. The highest BCUT2D eigenvalue weighted by Gasteiger charge is 2.16. The minimum atomic E-state index is -0.378. The van der Waals surface area contributed by atoms with Crippen LogP contribution >= 0.6 is 11.8 Å². The molecule has 0 atom stereocenters. The van der Waals surface area contributed by atoms with E-state index in [0.29, 0.717) is 23.0 Å². The van der Waals surface area contributed by atoms with Gasteiger partial charge in [-0.15, -0.1) is 0 Å². The summed E-state index contributed by atoms with van der Waals surface area (Å²) in [7, 11) is 1.63. The van der Waals surface area contributed by atoms with Crippen molar-refractivity contribution in [2.24, 2.45) is 0 Å². The number of hydrogen-bond donors (Lipinski definition) is 0. The van der Waals surface area contributed by atoms with Gasteiger partial charge in [-0.25, -0.2) is 4.79 Å². The van der Waals surface area contributed by atoms with E-state index in [1.54, 1.807) is 26.3 Å². The van der Waals surface area contributed by atoms with Gasteiger partial charge in [-0.05, 0) is 63.2 Å². The predicted octanol–water partition coefficient (Wildman–Crippen LogP) is 7.31. The van der Waals surface area contributed by atoms with Gasteiger partial charge in [0.1, 0.15) is 23.9 Å². The number of methoxy groups -OCH3 is 1. The second-order valence-corrected chi connectivity index (χ2v) is 9.75. The zero-order chi connectivity index (χ0) is 26.9. The third-order valence-corrected chi connectivity index (χ3v) is 6.50. The first-order chi connectivity index (χ1) is 18.5. The number of thioether (sulfide) groups is 1. The van der Waals surface area contributed by atoms with Crippen molar-refractivity contribution in [3.05, 3.63) is 95.0 Å². The Hall–Kier alpha value is -3.97. The van der Waals surface area contributed by atoms with Crippen LogP contribution in [0.5, 0.6) is 17.2 Å². The fourth-order valence-corrected chi connectivity index (χ4v) is 4.64. The van der Waals surface area contributed by atoms with Crippen molar-refractivity contribution in [2.45, 2.75) is 38.4 Å². The van der Waals surface area contributed by atoms with Gasteiger partial charge in [-0.2, -0.15) is 0 Å². The second-order valence-electron chi connectivity index (χ2n) is 8.63. The molecule has 0 aliphatic heterocycles. The first-order valence-electron chi connectivity index (χ1n) is 12.4. The zero-order valence-electron chi connectivity index (χ0n) is 22.0. The van der Waals surface area contributed by atoms with Crippen LogP contribution in [0.15, 0.2) is 88.8 Å². The van der Waals surface area contributed by atoms with Crippen LogP contribution < -0.4 is 14.2 Å². The van der Waals surface area contributed by atoms with Gasteiger partial charge in [0.15, 0.2) is 0 Å². The first kappa shape index (κ1) is 27.1. The van der Waals surface area contributed by atoms with Crippen molar-refractivity contribution in [1.82, 2.24) is 4.98 Å². The Balaban J connectivity index is 1.66. The SMILES string of the molecule is CCOC(=O)C(=Cc1ccccc1OCc1cnc2ccc(OC)cc2c1OC(C)C)Sc1ccccc1. The van der Waals surface area contributed by atoms with Gasteiger partial charge in [0.25, 0.3) is 0 Å². The molecule has 38 heavy (non-hydrogen) atoms. The lowest BCUT2D eigenvalue weighted by Crippen LogP contribution is -2.10. The summed E-state index contributed by atoms with van der Waals surface area (Å²) in [4.78, 5) is 18.8. The van der Waals surface area contributed by atoms with Gasteiger partial charge < -0.3 is 18.9 Å². The van der Waals surface area contributed by atoms with Crippen LogP contribution in [0.2, 0.25) is 0 Å². The Bertz CT molecular complexity index is 1420. The van der Waals surface area contributed by atoms with E-state index in [9.17, 15) is 4.79 Å². The molecule has 1 heterocycles. The standard InChI is InChI=1S/C31H31NO5S/c1-5-35-31(33)29(38-25-12-7-6-8-13-25)17-22-11-9-10-14-28(22)36-20-23-19-32-27-16-15-24(34-4)18-26(27)30(23)37-21(2)3/h6-19,21H,5,20H2,1-4H3. The normalized spacial score (nSPS) is 11.4. The summed E-state index contributed by atoms with van der Waals surface area (Å²) >= 11 is 1.36. The van der Waals surface area contributed by atoms with E-state index in [4.69, 9.17) is 18.9 Å². The Kier molecular flexibility index (Phi) is 9.27. The van der Waals surface area contributed by atoms with Crippen molar-refractivity contribution < 1.29 is 23.7 Å². The number of carbonyl (C=O) groups is 1. The Morgan fingerprint density at radius 3 is 2.53 bits per heavy atom. The number of rotatable bonds is 11. The molecular formula is C31H31NO5S. The lowest BCUT2D eigenvalue weighted by atomic mass is 10.1. The maximum atomic E-state index is 12.8. The zero-order valence-corrected chi connectivity index (χ0v) is 22.8. The van der Waals surface area contributed by atoms with Crippen molar-refractivity contribution >= 4 is 34.7 Å². The monoisotopic (exact) mass is 529 g/mol. The molecule has 0 unspecified atom stereocenters. The van der Waals surface area contributed by atoms with Crippen LogP contribution in [-0.2, 0) is 16.1 Å². The Morgan fingerprint density at radius 1 is 1.03 bits per heavy atom. The maximum Gasteiger partial charge on any atom is 0.344 e. The minimum Gasteiger partial charge on any atom is -0.497 e. The molecule has 0 N–H and O–H groups in total. The molecule has 0 saturated carbocycles. The van der Waals surface area contributed by atoms with Gasteiger partial charge >= 0.3 is 5.97 Å². The van der Waals surface area contributed by atoms with Crippen LogP contribution in [0, 0.1) is 0 Å². The quantitative estimate of drug-likeness (QED) is 0.115. The molecule has 0 aliphatic rings. The summed E-state index contributed by atoms with van der Waals surface area (Å²) < 4.78 is 23.2. The number of benzene rings is 3. The van der Waals surface area contributed by atoms with E-state index in [1.807, 2.05) is 86.6 Å². The Labute approximate surface area is 227 Å². The average Bonchev–Trinajstić information content (AvgIpc) is 2.93.